The van der Waals surface area contributed by atoms with Gasteiger partial charge in [0.15, 0.2) is 0 Å². The van der Waals surface area contributed by atoms with E-state index < -0.39 is 0 Å². The van der Waals surface area contributed by atoms with Crippen LogP contribution in [0.3, 0.4) is 0 Å². The van der Waals surface area contributed by atoms with Crippen LogP contribution in [0.2, 0.25) is 0 Å². The SMILES string of the molecule is CCCCCCCCCCCCCCCCCCCCC=CCCCCCCCC/C=C\CCCCCCCCCCCCOC(=O)CCCCCCCCCCCCC. The molecule has 0 unspecified atom stereocenters. The molecule has 0 saturated carbocycles. The lowest BCUT2D eigenvalue weighted by atomic mass is 10.0. The maximum absolute atomic E-state index is 12.0. The van der Waals surface area contributed by atoms with Crippen molar-refractivity contribution < 1.29 is 9.53 Å². The second-order valence-electron chi connectivity index (χ2n) is 19.3. The molecule has 0 aromatic heterocycles. The average Bonchev–Trinajstić information content (AvgIpc) is 3.25. The third kappa shape index (κ3) is 55.0. The molecule has 0 fully saturated rings. The van der Waals surface area contributed by atoms with Gasteiger partial charge < -0.3 is 4.74 Å². The van der Waals surface area contributed by atoms with E-state index >= 15 is 0 Å². The summed E-state index contributed by atoms with van der Waals surface area (Å²) in [6.07, 6.45) is 78.0. The minimum atomic E-state index is 0.0247. The van der Waals surface area contributed by atoms with Gasteiger partial charge in [-0.1, -0.05) is 289 Å². The minimum Gasteiger partial charge on any atom is -0.466 e. The molecule has 0 spiro atoms. The molecule has 0 bridgehead atoms. The van der Waals surface area contributed by atoms with Crippen LogP contribution in [-0.4, -0.2) is 12.6 Å². The van der Waals surface area contributed by atoms with Crippen molar-refractivity contribution in [2.75, 3.05) is 6.61 Å². The fourth-order valence-corrected chi connectivity index (χ4v) is 8.84. The highest BCUT2D eigenvalue weighted by Crippen LogP contribution is 2.17. The summed E-state index contributed by atoms with van der Waals surface area (Å²) in [6.45, 7) is 5.22. The molecule has 60 heavy (non-hydrogen) atoms. The molecule has 0 aromatic rings. The van der Waals surface area contributed by atoms with E-state index in [4.69, 9.17) is 4.74 Å². The van der Waals surface area contributed by atoms with Crippen LogP contribution in [0.25, 0.3) is 0 Å². The standard InChI is InChI=1S/C58H112O2/c1-3-5-7-9-11-13-15-16-17-18-19-20-21-22-23-24-25-26-27-28-29-30-31-32-33-34-35-36-37-38-39-40-41-42-43-44-45-47-49-51-53-55-57-60-58(59)56-54-52-50-48-46-14-12-10-8-6-4-2/h28-29,38-39H,3-27,30-37,40-57H2,1-2H3/b29-28?,39-38-. The Hall–Kier alpha value is -1.05. The first-order valence-electron chi connectivity index (χ1n) is 28.3. The second kappa shape index (κ2) is 56.0. The topological polar surface area (TPSA) is 26.3 Å². The Kier molecular flexibility index (Phi) is 55.0. The van der Waals surface area contributed by atoms with E-state index in [9.17, 15) is 4.79 Å². The van der Waals surface area contributed by atoms with Crippen LogP contribution < -0.4 is 0 Å². The molecule has 0 rings (SSSR count). The van der Waals surface area contributed by atoms with Crippen molar-refractivity contribution in [2.24, 2.45) is 0 Å². The number of carbonyl (C=O) groups excluding carboxylic acids is 1. The van der Waals surface area contributed by atoms with E-state index in [-0.39, 0.29) is 5.97 Å². The van der Waals surface area contributed by atoms with Gasteiger partial charge in [0, 0.05) is 6.42 Å². The molecule has 0 atom stereocenters. The number of rotatable bonds is 53. The number of esters is 1. The largest absolute Gasteiger partial charge is 0.466 e. The summed E-state index contributed by atoms with van der Waals surface area (Å²) < 4.78 is 5.47. The molecule has 0 radical (unpaired) electrons. The van der Waals surface area contributed by atoms with Crippen LogP contribution in [-0.2, 0) is 9.53 Å². The van der Waals surface area contributed by atoms with Crippen LogP contribution >= 0.6 is 0 Å². The van der Waals surface area contributed by atoms with E-state index in [1.165, 1.54) is 302 Å². The lowest BCUT2D eigenvalue weighted by molar-refractivity contribution is -0.143. The Balaban J connectivity index is 3.19. The third-order valence-electron chi connectivity index (χ3n) is 13.1. The first-order valence-corrected chi connectivity index (χ1v) is 28.3. The van der Waals surface area contributed by atoms with Gasteiger partial charge in [0.1, 0.15) is 0 Å². The lowest BCUT2D eigenvalue weighted by Gasteiger charge is -2.06. The Bertz CT molecular complexity index is 829. The molecule has 0 aromatic carbocycles. The van der Waals surface area contributed by atoms with Gasteiger partial charge in [0.05, 0.1) is 6.61 Å². The van der Waals surface area contributed by atoms with Crippen molar-refractivity contribution in [2.45, 2.75) is 335 Å². The molecule has 0 heterocycles. The van der Waals surface area contributed by atoms with Gasteiger partial charge in [0.25, 0.3) is 0 Å². The summed E-state index contributed by atoms with van der Waals surface area (Å²) in [6, 6.07) is 0. The normalized spacial score (nSPS) is 11.8. The van der Waals surface area contributed by atoms with Crippen molar-refractivity contribution in [3.8, 4) is 0 Å². The second-order valence-corrected chi connectivity index (χ2v) is 19.3. The highest BCUT2D eigenvalue weighted by molar-refractivity contribution is 5.69. The van der Waals surface area contributed by atoms with Gasteiger partial charge in [-0.3, -0.25) is 4.79 Å². The highest BCUT2D eigenvalue weighted by Gasteiger charge is 2.03. The Morgan fingerprint density at radius 2 is 0.467 bits per heavy atom. The number of ether oxygens (including phenoxy) is 1. The Morgan fingerprint density at radius 3 is 0.717 bits per heavy atom. The van der Waals surface area contributed by atoms with E-state index in [0.717, 1.165) is 12.8 Å². The highest BCUT2D eigenvalue weighted by atomic mass is 16.5. The van der Waals surface area contributed by atoms with Crippen LogP contribution in [0.5, 0.6) is 0 Å². The smallest absolute Gasteiger partial charge is 0.305 e. The van der Waals surface area contributed by atoms with Crippen LogP contribution in [0.15, 0.2) is 24.3 Å². The minimum absolute atomic E-state index is 0.0247. The van der Waals surface area contributed by atoms with E-state index in [0.29, 0.717) is 13.0 Å². The summed E-state index contributed by atoms with van der Waals surface area (Å²) in [5.41, 5.74) is 0. The van der Waals surface area contributed by atoms with Crippen LogP contribution in [0.1, 0.15) is 335 Å². The fraction of sp³-hybridized carbons (Fsp3) is 0.914. The predicted molar refractivity (Wildman–Crippen MR) is 271 cm³/mol. The van der Waals surface area contributed by atoms with Crippen molar-refractivity contribution >= 4 is 5.97 Å². The van der Waals surface area contributed by atoms with Crippen LogP contribution in [0.4, 0.5) is 0 Å². The van der Waals surface area contributed by atoms with E-state index in [2.05, 4.69) is 38.2 Å². The monoisotopic (exact) mass is 841 g/mol. The number of carbonyl (C=O) groups is 1. The molecular weight excluding hydrogens is 729 g/mol. The Morgan fingerprint density at radius 1 is 0.267 bits per heavy atom. The quantitative estimate of drug-likeness (QED) is 0.0346. The van der Waals surface area contributed by atoms with Crippen molar-refractivity contribution in [3.05, 3.63) is 24.3 Å². The number of hydrogen-bond donors (Lipinski definition) is 0. The van der Waals surface area contributed by atoms with Gasteiger partial charge in [-0.25, -0.2) is 0 Å². The predicted octanol–water partition coefficient (Wildman–Crippen LogP) is 21.2. The summed E-state index contributed by atoms with van der Waals surface area (Å²) in [5, 5.41) is 0. The molecule has 2 nitrogen and oxygen atoms in total. The molecule has 356 valence electrons. The van der Waals surface area contributed by atoms with E-state index in [1.54, 1.807) is 0 Å². The van der Waals surface area contributed by atoms with Gasteiger partial charge in [-0.05, 0) is 64.2 Å². The molecule has 2 heteroatoms. The molecule has 0 N–H and O–H groups in total. The maximum atomic E-state index is 12.0. The zero-order valence-corrected chi connectivity index (χ0v) is 41.7. The average molecular weight is 842 g/mol. The number of allylic oxidation sites excluding steroid dienone is 4. The van der Waals surface area contributed by atoms with Crippen molar-refractivity contribution in [3.63, 3.8) is 0 Å². The molecule has 0 aliphatic rings. The summed E-state index contributed by atoms with van der Waals surface area (Å²) in [7, 11) is 0. The van der Waals surface area contributed by atoms with Gasteiger partial charge >= 0.3 is 5.97 Å². The third-order valence-corrected chi connectivity index (χ3v) is 13.1. The molecule has 0 saturated heterocycles. The fourth-order valence-electron chi connectivity index (χ4n) is 8.84. The van der Waals surface area contributed by atoms with Gasteiger partial charge in [0.2, 0.25) is 0 Å². The van der Waals surface area contributed by atoms with Crippen LogP contribution in [0, 0.1) is 0 Å². The van der Waals surface area contributed by atoms with Crippen molar-refractivity contribution in [1.82, 2.24) is 0 Å². The molecule has 0 aliphatic carbocycles. The number of unbranched alkanes of at least 4 members (excludes halogenated alkanes) is 45. The van der Waals surface area contributed by atoms with Gasteiger partial charge in [-0.2, -0.15) is 0 Å². The molecule has 0 aliphatic heterocycles. The van der Waals surface area contributed by atoms with Crippen molar-refractivity contribution in [1.29, 1.82) is 0 Å². The summed E-state index contributed by atoms with van der Waals surface area (Å²) in [5.74, 6) is 0.0247. The zero-order valence-electron chi connectivity index (χ0n) is 41.7. The maximum Gasteiger partial charge on any atom is 0.305 e. The Labute approximate surface area is 379 Å². The molecule has 0 amide bonds. The first-order chi connectivity index (χ1) is 29.8. The lowest BCUT2D eigenvalue weighted by Crippen LogP contribution is -2.05. The van der Waals surface area contributed by atoms with E-state index in [1.807, 2.05) is 0 Å². The summed E-state index contributed by atoms with van der Waals surface area (Å²) >= 11 is 0. The van der Waals surface area contributed by atoms with Gasteiger partial charge in [-0.15, -0.1) is 0 Å². The zero-order chi connectivity index (χ0) is 43.2. The first kappa shape index (κ1) is 58.9. The summed E-state index contributed by atoms with van der Waals surface area (Å²) in [4.78, 5) is 12.0. The number of hydrogen-bond acceptors (Lipinski definition) is 2. The molecular formula is C58H112O2.